The van der Waals surface area contributed by atoms with Crippen molar-refractivity contribution >= 4 is 27.5 Å². The zero-order chi connectivity index (χ0) is 14.7. The molecule has 0 bridgehead atoms. The van der Waals surface area contributed by atoms with Gasteiger partial charge >= 0.3 is 0 Å². The van der Waals surface area contributed by atoms with Crippen molar-refractivity contribution < 1.29 is 9.13 Å². The Bertz CT molecular complexity index is 615. The zero-order valence-electron chi connectivity index (χ0n) is 11.3. The van der Waals surface area contributed by atoms with Crippen LogP contribution in [0.3, 0.4) is 0 Å². The van der Waals surface area contributed by atoms with Crippen LogP contribution in [-0.4, -0.2) is 6.61 Å². The number of hydrogen-bond donors (Lipinski definition) is 0. The maximum absolute atomic E-state index is 14.0. The maximum Gasteiger partial charge on any atom is 0.128 e. The second-order valence-corrected chi connectivity index (χ2v) is 5.79. The van der Waals surface area contributed by atoms with E-state index < -0.39 is 5.38 Å². The molecule has 2 aromatic carbocycles. The van der Waals surface area contributed by atoms with Crippen LogP contribution in [0.15, 0.2) is 40.9 Å². The van der Waals surface area contributed by atoms with Crippen LogP contribution in [0.2, 0.25) is 0 Å². The number of hydrogen-bond acceptors (Lipinski definition) is 1. The van der Waals surface area contributed by atoms with Crippen LogP contribution >= 0.6 is 27.5 Å². The van der Waals surface area contributed by atoms with Gasteiger partial charge in [-0.05, 0) is 43.2 Å². The van der Waals surface area contributed by atoms with E-state index in [0.29, 0.717) is 12.2 Å². The van der Waals surface area contributed by atoms with Gasteiger partial charge in [0.25, 0.3) is 0 Å². The van der Waals surface area contributed by atoms with Crippen LogP contribution in [0.4, 0.5) is 4.39 Å². The SMILES string of the molecule is CCOc1ccc(C(Cl)c2ccc(C)cc2F)c(Br)c1. The number of benzene rings is 2. The van der Waals surface area contributed by atoms with Crippen molar-refractivity contribution in [2.45, 2.75) is 19.2 Å². The van der Waals surface area contributed by atoms with E-state index in [4.69, 9.17) is 16.3 Å². The molecule has 0 saturated carbocycles. The van der Waals surface area contributed by atoms with Gasteiger partial charge in [-0.25, -0.2) is 4.39 Å². The first kappa shape index (κ1) is 15.3. The molecular formula is C16H15BrClFO. The van der Waals surface area contributed by atoms with Gasteiger partial charge in [-0.1, -0.05) is 34.1 Å². The molecule has 0 aliphatic rings. The molecule has 0 radical (unpaired) electrons. The highest BCUT2D eigenvalue weighted by atomic mass is 79.9. The summed E-state index contributed by atoms with van der Waals surface area (Å²) in [4.78, 5) is 0. The molecule has 20 heavy (non-hydrogen) atoms. The van der Waals surface area contributed by atoms with Crippen molar-refractivity contribution in [1.29, 1.82) is 0 Å². The molecule has 1 unspecified atom stereocenters. The molecule has 0 spiro atoms. The third-order valence-corrected chi connectivity index (χ3v) is 4.14. The van der Waals surface area contributed by atoms with Gasteiger partial charge in [0.2, 0.25) is 0 Å². The molecule has 0 fully saturated rings. The summed E-state index contributed by atoms with van der Waals surface area (Å²) in [7, 11) is 0. The Morgan fingerprint density at radius 3 is 2.50 bits per heavy atom. The predicted molar refractivity (Wildman–Crippen MR) is 84.1 cm³/mol. The number of alkyl halides is 1. The van der Waals surface area contributed by atoms with Crippen LogP contribution in [0.5, 0.6) is 5.75 Å². The molecule has 0 aliphatic carbocycles. The minimum atomic E-state index is -0.541. The standard InChI is InChI=1S/C16H15BrClFO/c1-3-20-11-5-7-12(14(17)9-11)16(18)13-6-4-10(2)8-15(13)19/h4-9,16H,3H2,1-2H3. The third kappa shape index (κ3) is 3.33. The molecule has 0 heterocycles. The number of rotatable bonds is 4. The fourth-order valence-corrected chi connectivity index (χ4v) is 3.06. The highest BCUT2D eigenvalue weighted by Gasteiger charge is 2.18. The maximum atomic E-state index is 14.0. The summed E-state index contributed by atoms with van der Waals surface area (Å²) in [6, 6.07) is 10.6. The average Bonchev–Trinajstić information content (AvgIpc) is 2.38. The molecule has 0 amide bonds. The molecule has 1 nitrogen and oxygen atoms in total. The molecule has 0 N–H and O–H groups in total. The van der Waals surface area contributed by atoms with Crippen molar-refractivity contribution in [2.24, 2.45) is 0 Å². The van der Waals surface area contributed by atoms with Crippen LogP contribution in [0.1, 0.15) is 29.0 Å². The van der Waals surface area contributed by atoms with Gasteiger partial charge in [0.05, 0.1) is 12.0 Å². The Balaban J connectivity index is 2.35. The van der Waals surface area contributed by atoms with Crippen LogP contribution in [0.25, 0.3) is 0 Å². The van der Waals surface area contributed by atoms with E-state index in [-0.39, 0.29) is 5.82 Å². The van der Waals surface area contributed by atoms with E-state index in [1.54, 1.807) is 6.07 Å². The summed E-state index contributed by atoms with van der Waals surface area (Å²) >= 11 is 9.88. The summed E-state index contributed by atoms with van der Waals surface area (Å²) in [5, 5.41) is -0.541. The first-order valence-corrected chi connectivity index (χ1v) is 7.58. The quantitative estimate of drug-likeness (QED) is 0.645. The van der Waals surface area contributed by atoms with E-state index in [9.17, 15) is 4.39 Å². The van der Waals surface area contributed by atoms with Gasteiger partial charge in [-0.2, -0.15) is 0 Å². The van der Waals surface area contributed by atoms with Crippen molar-refractivity contribution in [3.8, 4) is 5.75 Å². The monoisotopic (exact) mass is 356 g/mol. The lowest BCUT2D eigenvalue weighted by atomic mass is 10.0. The number of halogens is 3. The molecule has 4 heteroatoms. The van der Waals surface area contributed by atoms with Gasteiger partial charge in [0.15, 0.2) is 0 Å². The topological polar surface area (TPSA) is 9.23 Å². The van der Waals surface area contributed by atoms with E-state index in [2.05, 4.69) is 15.9 Å². The lowest BCUT2D eigenvalue weighted by molar-refractivity contribution is 0.340. The van der Waals surface area contributed by atoms with Gasteiger partial charge in [-0.15, -0.1) is 11.6 Å². The van der Waals surface area contributed by atoms with Gasteiger partial charge in [0, 0.05) is 10.0 Å². The second kappa shape index (κ2) is 6.59. The number of ether oxygens (including phenoxy) is 1. The minimum absolute atomic E-state index is 0.286. The van der Waals surface area contributed by atoms with Crippen molar-refractivity contribution in [3.63, 3.8) is 0 Å². The number of aryl methyl sites for hydroxylation is 1. The summed E-state index contributed by atoms with van der Waals surface area (Å²) in [5.74, 6) is 0.474. The molecule has 2 aromatic rings. The molecular weight excluding hydrogens is 343 g/mol. The molecule has 106 valence electrons. The fraction of sp³-hybridized carbons (Fsp3) is 0.250. The normalized spacial score (nSPS) is 12.2. The lowest BCUT2D eigenvalue weighted by Crippen LogP contribution is -1.99. The van der Waals surface area contributed by atoms with E-state index in [0.717, 1.165) is 21.3 Å². The van der Waals surface area contributed by atoms with Gasteiger partial charge < -0.3 is 4.74 Å². The van der Waals surface area contributed by atoms with E-state index in [1.165, 1.54) is 6.07 Å². The van der Waals surface area contributed by atoms with Crippen molar-refractivity contribution in [3.05, 3.63) is 63.4 Å². The Kier molecular flexibility index (Phi) is 5.06. The summed E-state index contributed by atoms with van der Waals surface area (Å²) in [6.45, 7) is 4.37. The highest BCUT2D eigenvalue weighted by molar-refractivity contribution is 9.10. The third-order valence-electron chi connectivity index (χ3n) is 2.98. The fourth-order valence-electron chi connectivity index (χ4n) is 1.98. The molecule has 1 atom stereocenters. The van der Waals surface area contributed by atoms with Crippen LogP contribution < -0.4 is 4.74 Å². The predicted octanol–water partition coefficient (Wildman–Crippen LogP) is 5.62. The Morgan fingerprint density at radius 2 is 1.90 bits per heavy atom. The van der Waals surface area contributed by atoms with Gasteiger partial charge in [-0.3, -0.25) is 0 Å². The smallest absolute Gasteiger partial charge is 0.128 e. The summed E-state index contributed by atoms with van der Waals surface area (Å²) in [5.41, 5.74) is 2.17. The Labute approximate surface area is 131 Å². The first-order chi connectivity index (χ1) is 9.52. The summed E-state index contributed by atoms with van der Waals surface area (Å²) < 4.78 is 20.2. The highest BCUT2D eigenvalue weighted by Crippen LogP contribution is 2.36. The summed E-state index contributed by atoms with van der Waals surface area (Å²) in [6.07, 6.45) is 0. The van der Waals surface area contributed by atoms with Crippen LogP contribution in [-0.2, 0) is 0 Å². The zero-order valence-corrected chi connectivity index (χ0v) is 13.6. The molecule has 2 rings (SSSR count). The largest absolute Gasteiger partial charge is 0.494 e. The van der Waals surface area contributed by atoms with Crippen molar-refractivity contribution in [2.75, 3.05) is 6.61 Å². The van der Waals surface area contributed by atoms with Crippen LogP contribution in [0, 0.1) is 12.7 Å². The molecule has 0 aromatic heterocycles. The lowest BCUT2D eigenvalue weighted by Gasteiger charge is -2.15. The molecule has 0 saturated heterocycles. The average molecular weight is 358 g/mol. The Hall–Kier alpha value is -1.06. The second-order valence-electron chi connectivity index (χ2n) is 4.50. The minimum Gasteiger partial charge on any atom is -0.494 e. The van der Waals surface area contributed by atoms with Gasteiger partial charge in [0.1, 0.15) is 11.6 Å². The molecule has 0 aliphatic heterocycles. The van der Waals surface area contributed by atoms with E-state index in [1.807, 2.05) is 38.1 Å². The first-order valence-electron chi connectivity index (χ1n) is 6.35. The Morgan fingerprint density at radius 1 is 1.20 bits per heavy atom. The van der Waals surface area contributed by atoms with E-state index >= 15 is 0 Å². The van der Waals surface area contributed by atoms with Crippen molar-refractivity contribution in [1.82, 2.24) is 0 Å².